The molecule has 1 saturated carbocycles. The van der Waals surface area contributed by atoms with Crippen molar-refractivity contribution < 1.29 is 14.6 Å². The maximum absolute atomic E-state index is 11.4. The van der Waals surface area contributed by atoms with Gasteiger partial charge in [0.05, 0.1) is 6.10 Å². The van der Waals surface area contributed by atoms with Crippen molar-refractivity contribution in [2.45, 2.75) is 70.6 Å². The number of hydrogen-bond donors (Lipinski definition) is 3. The first-order valence-electron chi connectivity index (χ1n) is 7.25. The standard InChI is InChI=1S/C14H28N2O3/c1-14(2,3)19-13(18)16-10-12(17)9-15-11-7-5-4-6-8-11/h11-12,15,17H,4-10H2,1-3H3,(H,16,18)/t12-/m1/s1. The third-order valence-corrected chi connectivity index (χ3v) is 3.13. The average molecular weight is 272 g/mol. The number of nitrogens with one attached hydrogen (secondary N) is 2. The van der Waals surface area contributed by atoms with Crippen molar-refractivity contribution in [2.24, 2.45) is 0 Å². The van der Waals surface area contributed by atoms with Crippen LogP contribution < -0.4 is 10.6 Å². The highest BCUT2D eigenvalue weighted by Crippen LogP contribution is 2.17. The Bertz CT molecular complexity index is 270. The van der Waals surface area contributed by atoms with Crippen molar-refractivity contribution in [3.8, 4) is 0 Å². The average Bonchev–Trinajstić information content (AvgIpc) is 2.33. The van der Waals surface area contributed by atoms with Crippen molar-refractivity contribution in [1.29, 1.82) is 0 Å². The van der Waals surface area contributed by atoms with Crippen LogP contribution in [-0.4, -0.2) is 42.0 Å². The van der Waals surface area contributed by atoms with Gasteiger partial charge < -0.3 is 20.5 Å². The minimum atomic E-state index is -0.575. The van der Waals surface area contributed by atoms with Gasteiger partial charge in [0.2, 0.25) is 0 Å². The van der Waals surface area contributed by atoms with Gasteiger partial charge in [-0.3, -0.25) is 0 Å². The quantitative estimate of drug-likeness (QED) is 0.713. The number of ether oxygens (including phenoxy) is 1. The van der Waals surface area contributed by atoms with Crippen molar-refractivity contribution >= 4 is 6.09 Å². The Morgan fingerprint density at radius 1 is 1.26 bits per heavy atom. The maximum atomic E-state index is 11.4. The Hall–Kier alpha value is -0.810. The Kier molecular flexibility index (Phi) is 6.58. The maximum Gasteiger partial charge on any atom is 0.407 e. The minimum Gasteiger partial charge on any atom is -0.444 e. The molecule has 0 radical (unpaired) electrons. The molecule has 0 saturated heterocycles. The van der Waals surface area contributed by atoms with Gasteiger partial charge in [0.25, 0.3) is 0 Å². The van der Waals surface area contributed by atoms with E-state index in [1.165, 1.54) is 32.1 Å². The number of aliphatic hydroxyl groups excluding tert-OH is 1. The summed E-state index contributed by atoms with van der Waals surface area (Å²) in [4.78, 5) is 11.4. The lowest BCUT2D eigenvalue weighted by Gasteiger charge is -2.24. The number of alkyl carbamates (subject to hydrolysis) is 1. The highest BCUT2D eigenvalue weighted by atomic mass is 16.6. The Morgan fingerprint density at radius 3 is 2.47 bits per heavy atom. The second-order valence-electron chi connectivity index (χ2n) is 6.28. The zero-order valence-corrected chi connectivity index (χ0v) is 12.4. The van der Waals surface area contributed by atoms with Crippen LogP contribution >= 0.6 is 0 Å². The van der Waals surface area contributed by atoms with E-state index in [1.54, 1.807) is 0 Å². The molecule has 1 aliphatic rings. The molecular formula is C14H28N2O3. The SMILES string of the molecule is CC(C)(C)OC(=O)NC[C@H](O)CNC1CCCCC1. The lowest BCUT2D eigenvalue weighted by atomic mass is 9.95. The molecule has 112 valence electrons. The fraction of sp³-hybridized carbons (Fsp3) is 0.929. The monoisotopic (exact) mass is 272 g/mol. The molecule has 1 fully saturated rings. The van der Waals surface area contributed by atoms with E-state index in [1.807, 2.05) is 20.8 Å². The van der Waals surface area contributed by atoms with Crippen LogP contribution in [0.3, 0.4) is 0 Å². The van der Waals surface area contributed by atoms with E-state index >= 15 is 0 Å². The lowest BCUT2D eigenvalue weighted by Crippen LogP contribution is -2.43. The largest absolute Gasteiger partial charge is 0.444 e. The third-order valence-electron chi connectivity index (χ3n) is 3.13. The highest BCUT2D eigenvalue weighted by molar-refractivity contribution is 5.67. The smallest absolute Gasteiger partial charge is 0.407 e. The molecule has 1 atom stereocenters. The van der Waals surface area contributed by atoms with Crippen LogP contribution in [0.2, 0.25) is 0 Å². The summed E-state index contributed by atoms with van der Waals surface area (Å²) in [6.45, 7) is 6.17. The van der Waals surface area contributed by atoms with Crippen molar-refractivity contribution in [3.63, 3.8) is 0 Å². The summed E-state index contributed by atoms with van der Waals surface area (Å²) in [6, 6.07) is 0.518. The number of aliphatic hydroxyl groups is 1. The lowest BCUT2D eigenvalue weighted by molar-refractivity contribution is 0.0490. The van der Waals surface area contributed by atoms with Crippen molar-refractivity contribution in [3.05, 3.63) is 0 Å². The number of carbonyl (C=O) groups excluding carboxylic acids is 1. The van der Waals surface area contributed by atoms with Gasteiger partial charge in [0, 0.05) is 19.1 Å². The number of hydrogen-bond acceptors (Lipinski definition) is 4. The molecule has 5 heteroatoms. The Morgan fingerprint density at radius 2 is 1.89 bits per heavy atom. The molecule has 19 heavy (non-hydrogen) atoms. The summed E-state index contributed by atoms with van der Waals surface area (Å²) >= 11 is 0. The van der Waals surface area contributed by atoms with Crippen LogP contribution in [0.5, 0.6) is 0 Å². The molecule has 0 spiro atoms. The summed E-state index contributed by atoms with van der Waals surface area (Å²) in [5.41, 5.74) is -0.505. The van der Waals surface area contributed by atoms with Crippen molar-refractivity contribution in [1.82, 2.24) is 10.6 Å². The number of carbonyl (C=O) groups is 1. The molecular weight excluding hydrogens is 244 g/mol. The molecule has 0 aliphatic heterocycles. The van der Waals surface area contributed by atoms with E-state index in [2.05, 4.69) is 10.6 Å². The number of rotatable bonds is 5. The summed E-state index contributed by atoms with van der Waals surface area (Å²) < 4.78 is 5.10. The van der Waals surface area contributed by atoms with Crippen LogP contribution in [0.4, 0.5) is 4.79 Å². The molecule has 0 aromatic carbocycles. The first-order chi connectivity index (χ1) is 8.87. The molecule has 1 rings (SSSR count). The second kappa shape index (κ2) is 7.70. The van der Waals surface area contributed by atoms with E-state index in [9.17, 15) is 9.90 Å². The Labute approximate surface area is 116 Å². The molecule has 5 nitrogen and oxygen atoms in total. The molecule has 0 bridgehead atoms. The zero-order valence-electron chi connectivity index (χ0n) is 12.4. The van der Waals surface area contributed by atoms with Crippen molar-refractivity contribution in [2.75, 3.05) is 13.1 Å². The highest BCUT2D eigenvalue weighted by Gasteiger charge is 2.18. The number of amides is 1. The Balaban J connectivity index is 2.10. The van der Waals surface area contributed by atoms with E-state index < -0.39 is 17.8 Å². The first kappa shape index (κ1) is 16.2. The van der Waals surface area contributed by atoms with Gasteiger partial charge in [0.1, 0.15) is 5.60 Å². The molecule has 0 aromatic heterocycles. The van der Waals surface area contributed by atoms with E-state index in [0.29, 0.717) is 12.6 Å². The van der Waals surface area contributed by atoms with Gasteiger partial charge >= 0.3 is 6.09 Å². The second-order valence-corrected chi connectivity index (χ2v) is 6.28. The van der Waals surface area contributed by atoms with E-state index in [4.69, 9.17) is 4.74 Å². The van der Waals surface area contributed by atoms with Gasteiger partial charge in [0.15, 0.2) is 0 Å². The summed E-state index contributed by atoms with van der Waals surface area (Å²) in [5.74, 6) is 0. The summed E-state index contributed by atoms with van der Waals surface area (Å²) in [5, 5.41) is 15.7. The summed E-state index contributed by atoms with van der Waals surface area (Å²) in [6.07, 6.45) is 5.17. The first-order valence-corrected chi connectivity index (χ1v) is 7.25. The molecule has 0 aromatic rings. The zero-order chi connectivity index (χ0) is 14.3. The van der Waals surface area contributed by atoms with E-state index in [0.717, 1.165) is 0 Å². The van der Waals surface area contributed by atoms with Crippen LogP contribution in [-0.2, 0) is 4.74 Å². The topological polar surface area (TPSA) is 70.6 Å². The van der Waals surface area contributed by atoms with Gasteiger partial charge in [-0.2, -0.15) is 0 Å². The third kappa shape index (κ3) is 8.06. The van der Waals surface area contributed by atoms with Gasteiger partial charge in [-0.15, -0.1) is 0 Å². The molecule has 1 amide bonds. The van der Waals surface area contributed by atoms with Gasteiger partial charge in [-0.05, 0) is 33.6 Å². The summed E-state index contributed by atoms with van der Waals surface area (Å²) in [7, 11) is 0. The molecule has 3 N–H and O–H groups in total. The van der Waals surface area contributed by atoms with Gasteiger partial charge in [-0.25, -0.2) is 4.79 Å². The normalized spacial score (nSPS) is 18.9. The molecule has 1 aliphatic carbocycles. The van der Waals surface area contributed by atoms with Crippen LogP contribution in [0.1, 0.15) is 52.9 Å². The fourth-order valence-electron chi connectivity index (χ4n) is 2.20. The minimum absolute atomic E-state index is 0.217. The van der Waals surface area contributed by atoms with Crippen LogP contribution in [0.25, 0.3) is 0 Å². The molecule has 0 heterocycles. The van der Waals surface area contributed by atoms with Gasteiger partial charge in [-0.1, -0.05) is 19.3 Å². The van der Waals surface area contributed by atoms with E-state index in [-0.39, 0.29) is 6.54 Å². The predicted molar refractivity (Wildman–Crippen MR) is 75.1 cm³/mol. The molecule has 0 unspecified atom stereocenters. The van der Waals surface area contributed by atoms with Crippen LogP contribution in [0.15, 0.2) is 0 Å². The fourth-order valence-corrected chi connectivity index (χ4v) is 2.20. The predicted octanol–water partition coefficient (Wildman–Crippen LogP) is 1.79. The van der Waals surface area contributed by atoms with Crippen LogP contribution in [0, 0.1) is 0 Å².